The van der Waals surface area contributed by atoms with E-state index in [1.165, 1.54) is 25.7 Å². The second kappa shape index (κ2) is 11.2. The minimum atomic E-state index is -1.06. The molecule has 0 aromatic carbocycles. The molecule has 0 aromatic heterocycles. The van der Waals surface area contributed by atoms with Gasteiger partial charge in [0.1, 0.15) is 24.4 Å². The van der Waals surface area contributed by atoms with Gasteiger partial charge in [0.2, 0.25) is 0 Å². The quantitative estimate of drug-likeness (QED) is 0.397. The fourth-order valence-corrected chi connectivity index (χ4v) is 2.42. The van der Waals surface area contributed by atoms with Crippen molar-refractivity contribution >= 4 is 0 Å². The molecule has 5 nitrogen and oxygen atoms in total. The van der Waals surface area contributed by atoms with Gasteiger partial charge in [0.05, 0.1) is 19.8 Å². The third-order valence-electron chi connectivity index (χ3n) is 3.74. The zero-order valence-electron chi connectivity index (χ0n) is 13.0. The van der Waals surface area contributed by atoms with Crippen molar-refractivity contribution in [2.75, 3.05) is 19.8 Å². The molecule has 1 fully saturated rings. The van der Waals surface area contributed by atoms with Gasteiger partial charge >= 0.3 is 0 Å². The number of hydrogen-bond acceptors (Lipinski definition) is 5. The standard InChI is InChI=1S/C16H30O5/c1-2-3-4-5-6-7-8-9-10-20-14-12-21-16(15(14)19)13(18)11-17/h7-8,13-19H,2-6,9-12H2,1H3/b8-7+/t13-,14+,15-,16-/m0/s1. The molecule has 0 saturated carbocycles. The highest BCUT2D eigenvalue weighted by molar-refractivity contribution is 4.89. The van der Waals surface area contributed by atoms with Crippen LogP contribution >= 0.6 is 0 Å². The largest absolute Gasteiger partial charge is 0.394 e. The van der Waals surface area contributed by atoms with Crippen LogP contribution in [0.3, 0.4) is 0 Å². The van der Waals surface area contributed by atoms with Gasteiger partial charge in [0, 0.05) is 0 Å². The second-order valence-corrected chi connectivity index (χ2v) is 5.56. The maximum Gasteiger partial charge on any atom is 0.114 e. The fraction of sp³-hybridized carbons (Fsp3) is 0.875. The number of aliphatic hydroxyl groups excluding tert-OH is 3. The van der Waals surface area contributed by atoms with Crippen molar-refractivity contribution in [3.8, 4) is 0 Å². The van der Waals surface area contributed by atoms with Gasteiger partial charge in [-0.2, -0.15) is 0 Å². The molecule has 0 amide bonds. The maximum absolute atomic E-state index is 9.93. The van der Waals surface area contributed by atoms with E-state index in [1.54, 1.807) is 0 Å². The van der Waals surface area contributed by atoms with Gasteiger partial charge in [0.15, 0.2) is 0 Å². The molecular formula is C16H30O5. The van der Waals surface area contributed by atoms with Crippen LogP contribution in [-0.4, -0.2) is 59.6 Å². The summed E-state index contributed by atoms with van der Waals surface area (Å²) in [5.41, 5.74) is 0. The van der Waals surface area contributed by atoms with E-state index in [0.717, 1.165) is 12.8 Å². The summed E-state index contributed by atoms with van der Waals surface area (Å²) in [7, 11) is 0. The van der Waals surface area contributed by atoms with Crippen molar-refractivity contribution < 1.29 is 24.8 Å². The molecule has 1 heterocycles. The van der Waals surface area contributed by atoms with Crippen LogP contribution in [0.2, 0.25) is 0 Å². The summed E-state index contributed by atoms with van der Waals surface area (Å²) in [6.07, 6.45) is 8.17. The Morgan fingerprint density at radius 3 is 2.71 bits per heavy atom. The summed E-state index contributed by atoms with van der Waals surface area (Å²) in [6, 6.07) is 0. The Morgan fingerprint density at radius 1 is 1.24 bits per heavy atom. The molecule has 4 atom stereocenters. The van der Waals surface area contributed by atoms with E-state index in [9.17, 15) is 10.2 Å². The maximum atomic E-state index is 9.93. The van der Waals surface area contributed by atoms with E-state index in [4.69, 9.17) is 14.6 Å². The highest BCUT2D eigenvalue weighted by Gasteiger charge is 2.40. The van der Waals surface area contributed by atoms with Crippen molar-refractivity contribution in [1.82, 2.24) is 0 Å². The first kappa shape index (κ1) is 18.6. The monoisotopic (exact) mass is 302 g/mol. The summed E-state index contributed by atoms with van der Waals surface area (Å²) < 4.78 is 10.8. The van der Waals surface area contributed by atoms with Gasteiger partial charge in [0.25, 0.3) is 0 Å². The SMILES string of the molecule is CCCCCC/C=C/CCO[C@@H]1CO[C@@H]([C@@H](O)CO)[C@H]1O. The number of allylic oxidation sites excluding steroid dienone is 1. The van der Waals surface area contributed by atoms with Crippen LogP contribution in [0.15, 0.2) is 12.2 Å². The number of rotatable bonds is 11. The molecule has 0 spiro atoms. The Bertz CT molecular complexity index is 282. The van der Waals surface area contributed by atoms with E-state index < -0.39 is 31.0 Å². The molecule has 21 heavy (non-hydrogen) atoms. The van der Waals surface area contributed by atoms with Crippen LogP contribution in [0.25, 0.3) is 0 Å². The average molecular weight is 302 g/mol. The lowest BCUT2D eigenvalue weighted by Gasteiger charge is -2.20. The van der Waals surface area contributed by atoms with E-state index in [2.05, 4.69) is 19.1 Å². The van der Waals surface area contributed by atoms with E-state index >= 15 is 0 Å². The lowest BCUT2D eigenvalue weighted by molar-refractivity contribution is -0.0726. The van der Waals surface area contributed by atoms with E-state index in [-0.39, 0.29) is 6.61 Å². The summed E-state index contributed by atoms with van der Waals surface area (Å²) in [6.45, 7) is 2.57. The van der Waals surface area contributed by atoms with Crippen LogP contribution in [-0.2, 0) is 9.47 Å². The van der Waals surface area contributed by atoms with Crippen molar-refractivity contribution in [2.45, 2.75) is 69.9 Å². The summed E-state index contributed by atoms with van der Waals surface area (Å²) in [4.78, 5) is 0. The third kappa shape index (κ3) is 6.89. The molecule has 0 radical (unpaired) electrons. The highest BCUT2D eigenvalue weighted by Crippen LogP contribution is 2.20. The molecule has 1 saturated heterocycles. The van der Waals surface area contributed by atoms with Gasteiger partial charge in [-0.3, -0.25) is 0 Å². The first-order chi connectivity index (χ1) is 10.2. The second-order valence-electron chi connectivity index (χ2n) is 5.56. The zero-order valence-corrected chi connectivity index (χ0v) is 13.0. The predicted octanol–water partition coefficient (Wildman–Crippen LogP) is 1.40. The van der Waals surface area contributed by atoms with Crippen LogP contribution in [0.4, 0.5) is 0 Å². The van der Waals surface area contributed by atoms with Crippen LogP contribution in [0.1, 0.15) is 45.4 Å². The van der Waals surface area contributed by atoms with Gasteiger partial charge in [-0.15, -0.1) is 0 Å². The van der Waals surface area contributed by atoms with Crippen LogP contribution in [0.5, 0.6) is 0 Å². The lowest BCUT2D eigenvalue weighted by Crippen LogP contribution is -2.41. The Hall–Kier alpha value is -0.460. The molecule has 124 valence electrons. The molecule has 0 aromatic rings. The summed E-state index contributed by atoms with van der Waals surface area (Å²) in [5, 5.41) is 28.3. The fourth-order valence-electron chi connectivity index (χ4n) is 2.42. The minimum Gasteiger partial charge on any atom is -0.394 e. The first-order valence-electron chi connectivity index (χ1n) is 8.05. The Morgan fingerprint density at radius 2 is 2.00 bits per heavy atom. The van der Waals surface area contributed by atoms with Gasteiger partial charge in [-0.05, 0) is 19.3 Å². The first-order valence-corrected chi connectivity index (χ1v) is 8.05. The van der Waals surface area contributed by atoms with Gasteiger partial charge in [-0.1, -0.05) is 38.3 Å². The molecule has 0 unspecified atom stereocenters. The van der Waals surface area contributed by atoms with Gasteiger partial charge < -0.3 is 24.8 Å². The molecule has 1 rings (SSSR count). The van der Waals surface area contributed by atoms with Crippen molar-refractivity contribution in [1.29, 1.82) is 0 Å². The molecule has 0 bridgehead atoms. The summed E-state index contributed by atoms with van der Waals surface area (Å²) >= 11 is 0. The van der Waals surface area contributed by atoms with Crippen molar-refractivity contribution in [3.05, 3.63) is 12.2 Å². The normalized spacial score (nSPS) is 27.5. The van der Waals surface area contributed by atoms with E-state index in [0.29, 0.717) is 6.61 Å². The molecule has 1 aliphatic rings. The van der Waals surface area contributed by atoms with Crippen LogP contribution < -0.4 is 0 Å². The molecule has 1 aliphatic heterocycles. The van der Waals surface area contributed by atoms with Gasteiger partial charge in [-0.25, -0.2) is 0 Å². The topological polar surface area (TPSA) is 79.2 Å². The predicted molar refractivity (Wildman–Crippen MR) is 81.1 cm³/mol. The highest BCUT2D eigenvalue weighted by atomic mass is 16.6. The Balaban J connectivity index is 2.07. The number of ether oxygens (including phenoxy) is 2. The Labute approximate surface area is 127 Å². The molecule has 0 aliphatic carbocycles. The number of unbranched alkanes of at least 4 members (excludes halogenated alkanes) is 4. The van der Waals surface area contributed by atoms with E-state index in [1.807, 2.05) is 0 Å². The van der Waals surface area contributed by atoms with Crippen LogP contribution in [0, 0.1) is 0 Å². The molecule has 5 heteroatoms. The smallest absolute Gasteiger partial charge is 0.114 e. The lowest BCUT2D eigenvalue weighted by atomic mass is 10.1. The summed E-state index contributed by atoms with van der Waals surface area (Å²) in [5.74, 6) is 0. The third-order valence-corrected chi connectivity index (χ3v) is 3.74. The number of aliphatic hydroxyl groups is 3. The zero-order chi connectivity index (χ0) is 15.5. The molecular weight excluding hydrogens is 272 g/mol. The number of hydrogen-bond donors (Lipinski definition) is 3. The van der Waals surface area contributed by atoms with Crippen molar-refractivity contribution in [3.63, 3.8) is 0 Å². The Kier molecular flexibility index (Phi) is 9.87. The van der Waals surface area contributed by atoms with Crippen molar-refractivity contribution in [2.24, 2.45) is 0 Å². The average Bonchev–Trinajstić information content (AvgIpc) is 2.86. The molecule has 3 N–H and O–H groups in total. The minimum absolute atomic E-state index is 0.254.